The van der Waals surface area contributed by atoms with E-state index in [9.17, 15) is 9.90 Å². The highest BCUT2D eigenvalue weighted by atomic mass is 32.2. The van der Waals surface area contributed by atoms with E-state index in [1.165, 1.54) is 11.8 Å². The van der Waals surface area contributed by atoms with E-state index in [1.54, 1.807) is 29.2 Å². The monoisotopic (exact) mass is 323 g/mol. The summed E-state index contributed by atoms with van der Waals surface area (Å²) in [5.74, 6) is 0.417. The number of phenols is 1. The van der Waals surface area contributed by atoms with Gasteiger partial charge in [0.1, 0.15) is 4.32 Å². The predicted octanol–water partition coefficient (Wildman–Crippen LogP) is 3.40. The van der Waals surface area contributed by atoms with Gasteiger partial charge in [0.2, 0.25) is 0 Å². The fraction of sp³-hybridized carbons (Fsp3) is 0.333. The third-order valence-corrected chi connectivity index (χ3v) is 4.25. The zero-order valence-corrected chi connectivity index (χ0v) is 13.8. The maximum atomic E-state index is 12.3. The van der Waals surface area contributed by atoms with Gasteiger partial charge in [-0.05, 0) is 44.5 Å². The molecule has 2 rings (SSSR count). The number of benzene rings is 1. The van der Waals surface area contributed by atoms with Crippen molar-refractivity contribution in [2.45, 2.75) is 26.8 Å². The molecule has 0 unspecified atom stereocenters. The second kappa shape index (κ2) is 6.49. The maximum Gasteiger partial charge on any atom is 0.266 e. The Kier molecular flexibility index (Phi) is 4.90. The second-order valence-corrected chi connectivity index (χ2v) is 6.48. The molecule has 4 nitrogen and oxygen atoms in total. The number of ether oxygens (including phenoxy) is 1. The molecule has 1 fully saturated rings. The van der Waals surface area contributed by atoms with Gasteiger partial charge < -0.3 is 9.84 Å². The van der Waals surface area contributed by atoms with E-state index in [1.807, 2.05) is 20.8 Å². The van der Waals surface area contributed by atoms with Crippen LogP contribution < -0.4 is 4.74 Å². The molecule has 112 valence electrons. The van der Waals surface area contributed by atoms with Crippen LogP contribution in [-0.4, -0.2) is 32.9 Å². The van der Waals surface area contributed by atoms with Crippen molar-refractivity contribution in [2.75, 3.05) is 6.61 Å². The topological polar surface area (TPSA) is 49.8 Å². The molecule has 0 bridgehead atoms. The highest BCUT2D eigenvalue weighted by Gasteiger charge is 2.33. The van der Waals surface area contributed by atoms with Crippen molar-refractivity contribution in [3.05, 3.63) is 28.7 Å². The summed E-state index contributed by atoms with van der Waals surface area (Å²) in [5, 5.41) is 9.69. The zero-order chi connectivity index (χ0) is 15.6. The van der Waals surface area contributed by atoms with Gasteiger partial charge in [-0.25, -0.2) is 0 Å². The highest BCUT2D eigenvalue weighted by Crippen LogP contribution is 2.35. The molecule has 1 heterocycles. The van der Waals surface area contributed by atoms with Crippen molar-refractivity contribution in [1.29, 1.82) is 0 Å². The van der Waals surface area contributed by atoms with Gasteiger partial charge >= 0.3 is 0 Å². The van der Waals surface area contributed by atoms with E-state index < -0.39 is 0 Å². The van der Waals surface area contributed by atoms with Gasteiger partial charge in [0, 0.05) is 6.04 Å². The number of phenolic OH excluding ortho intramolecular Hbond substituents is 1. The molecule has 6 heteroatoms. The number of thioether (sulfide) groups is 1. The lowest BCUT2D eigenvalue weighted by Gasteiger charge is -2.18. The van der Waals surface area contributed by atoms with Gasteiger partial charge in [-0.15, -0.1) is 0 Å². The fourth-order valence-corrected chi connectivity index (χ4v) is 3.49. The summed E-state index contributed by atoms with van der Waals surface area (Å²) in [4.78, 5) is 14.5. The van der Waals surface area contributed by atoms with E-state index in [-0.39, 0.29) is 17.7 Å². The van der Waals surface area contributed by atoms with Gasteiger partial charge in [0.05, 0.1) is 11.5 Å². The minimum Gasteiger partial charge on any atom is -0.504 e. The lowest BCUT2D eigenvalue weighted by atomic mass is 10.2. The van der Waals surface area contributed by atoms with E-state index in [0.717, 1.165) is 5.56 Å². The van der Waals surface area contributed by atoms with Crippen molar-refractivity contribution < 1.29 is 14.6 Å². The maximum absolute atomic E-state index is 12.3. The molecule has 0 spiro atoms. The molecule has 21 heavy (non-hydrogen) atoms. The molecule has 1 aliphatic rings. The third kappa shape index (κ3) is 3.39. The number of amides is 1. The van der Waals surface area contributed by atoms with Crippen molar-refractivity contribution in [3.8, 4) is 11.5 Å². The summed E-state index contributed by atoms with van der Waals surface area (Å²) >= 11 is 6.53. The summed E-state index contributed by atoms with van der Waals surface area (Å²) in [5.41, 5.74) is 0.792. The molecular formula is C15H17NO3S2. The van der Waals surface area contributed by atoms with E-state index >= 15 is 0 Å². The van der Waals surface area contributed by atoms with Crippen LogP contribution >= 0.6 is 24.0 Å². The van der Waals surface area contributed by atoms with E-state index in [2.05, 4.69) is 0 Å². The Labute approximate surface area is 133 Å². The number of thiocarbonyl (C=S) groups is 1. The average Bonchev–Trinajstić information content (AvgIpc) is 2.68. The highest BCUT2D eigenvalue weighted by molar-refractivity contribution is 8.26. The molecule has 1 saturated heterocycles. The number of hydrogen-bond acceptors (Lipinski definition) is 5. The van der Waals surface area contributed by atoms with Gasteiger partial charge in [-0.1, -0.05) is 30.0 Å². The average molecular weight is 323 g/mol. The first-order valence-electron chi connectivity index (χ1n) is 6.67. The Bertz CT molecular complexity index is 611. The van der Waals surface area contributed by atoms with Gasteiger partial charge in [0.25, 0.3) is 5.91 Å². The summed E-state index contributed by atoms with van der Waals surface area (Å²) < 4.78 is 5.92. The van der Waals surface area contributed by atoms with Crippen molar-refractivity contribution in [2.24, 2.45) is 0 Å². The molecular weight excluding hydrogens is 306 g/mol. The number of carbonyl (C=O) groups is 1. The Morgan fingerprint density at radius 3 is 2.76 bits per heavy atom. The van der Waals surface area contributed by atoms with Gasteiger partial charge in [-0.2, -0.15) is 0 Å². The predicted molar refractivity (Wildman–Crippen MR) is 89.4 cm³/mol. The molecule has 0 saturated carbocycles. The largest absolute Gasteiger partial charge is 0.504 e. The van der Waals surface area contributed by atoms with Crippen molar-refractivity contribution in [3.63, 3.8) is 0 Å². The van der Waals surface area contributed by atoms with Gasteiger partial charge in [0.15, 0.2) is 11.5 Å². The van der Waals surface area contributed by atoms with Crippen LogP contribution in [0.25, 0.3) is 6.08 Å². The number of aromatic hydroxyl groups is 1. The lowest BCUT2D eigenvalue weighted by molar-refractivity contribution is -0.123. The summed E-state index contributed by atoms with van der Waals surface area (Å²) in [6, 6.07) is 5.04. The van der Waals surface area contributed by atoms with Crippen LogP contribution in [0.4, 0.5) is 0 Å². The Morgan fingerprint density at radius 2 is 2.19 bits per heavy atom. The van der Waals surface area contributed by atoms with Crippen molar-refractivity contribution >= 4 is 40.3 Å². The molecule has 1 aromatic rings. The summed E-state index contributed by atoms with van der Waals surface area (Å²) in [7, 11) is 0. The first kappa shape index (κ1) is 15.9. The van der Waals surface area contributed by atoms with Crippen LogP contribution in [-0.2, 0) is 4.79 Å². The molecule has 1 amide bonds. The van der Waals surface area contributed by atoms with Gasteiger partial charge in [-0.3, -0.25) is 9.69 Å². The molecule has 0 radical (unpaired) electrons. The minimum absolute atomic E-state index is 0.0437. The standard InChI is InChI=1S/C15H17NO3S2/c1-4-19-12-7-10(5-6-11(12)17)8-13-14(18)16(9(2)3)15(20)21-13/h5-9,17H,4H2,1-3H3/b13-8-. The molecule has 1 aromatic carbocycles. The molecule has 0 aromatic heterocycles. The Hall–Kier alpha value is -1.53. The second-order valence-electron chi connectivity index (χ2n) is 4.81. The number of nitrogens with zero attached hydrogens (tertiary/aromatic N) is 1. The smallest absolute Gasteiger partial charge is 0.266 e. The van der Waals surface area contributed by atoms with Crippen molar-refractivity contribution in [1.82, 2.24) is 4.90 Å². The van der Waals surface area contributed by atoms with Crippen LogP contribution in [0.15, 0.2) is 23.1 Å². The zero-order valence-electron chi connectivity index (χ0n) is 12.1. The lowest BCUT2D eigenvalue weighted by Crippen LogP contribution is -2.34. The molecule has 0 aliphatic carbocycles. The number of rotatable bonds is 4. The van der Waals surface area contributed by atoms with Crippen LogP contribution in [0.1, 0.15) is 26.3 Å². The quantitative estimate of drug-likeness (QED) is 0.680. The molecule has 1 N–H and O–H groups in total. The van der Waals surface area contributed by atoms with E-state index in [0.29, 0.717) is 21.6 Å². The number of hydrogen-bond donors (Lipinski definition) is 1. The first-order chi connectivity index (χ1) is 9.93. The molecule has 1 aliphatic heterocycles. The minimum atomic E-state index is -0.0777. The van der Waals surface area contributed by atoms with Crippen LogP contribution in [0.2, 0.25) is 0 Å². The van der Waals surface area contributed by atoms with Crippen LogP contribution in [0.3, 0.4) is 0 Å². The molecule has 0 atom stereocenters. The third-order valence-electron chi connectivity index (χ3n) is 2.92. The Balaban J connectivity index is 2.30. The summed E-state index contributed by atoms with van der Waals surface area (Å²) in [6.45, 7) is 6.18. The fourth-order valence-electron chi connectivity index (χ4n) is 1.97. The van der Waals surface area contributed by atoms with Crippen LogP contribution in [0, 0.1) is 0 Å². The van der Waals surface area contributed by atoms with E-state index in [4.69, 9.17) is 17.0 Å². The first-order valence-corrected chi connectivity index (χ1v) is 7.89. The SMILES string of the molecule is CCOc1cc(/C=C2\SC(=S)N(C(C)C)C2=O)ccc1O. The number of carbonyl (C=O) groups excluding carboxylic acids is 1. The van der Waals surface area contributed by atoms with Crippen LogP contribution in [0.5, 0.6) is 11.5 Å². The summed E-state index contributed by atoms with van der Waals surface area (Å²) in [6.07, 6.45) is 1.77. The Morgan fingerprint density at radius 1 is 1.48 bits per heavy atom. The normalized spacial score (nSPS) is 17.1.